The number of aryl methyl sites for hydroxylation is 1. The molecule has 31 heavy (non-hydrogen) atoms. The summed E-state index contributed by atoms with van der Waals surface area (Å²) in [4.78, 5) is 12.7. The van der Waals surface area contributed by atoms with Gasteiger partial charge < -0.3 is 19.5 Å². The van der Waals surface area contributed by atoms with Crippen LogP contribution < -0.4 is 19.5 Å². The van der Waals surface area contributed by atoms with Crippen molar-refractivity contribution < 1.29 is 19.0 Å². The number of nitrogens with zero attached hydrogens (tertiary/aromatic N) is 4. The van der Waals surface area contributed by atoms with Gasteiger partial charge in [-0.15, -0.1) is 10.2 Å². The zero-order chi connectivity index (χ0) is 22.1. The first-order valence-electron chi connectivity index (χ1n) is 10.0. The van der Waals surface area contributed by atoms with Crippen LogP contribution in [0.1, 0.15) is 43.0 Å². The van der Waals surface area contributed by atoms with Crippen LogP contribution in [0.2, 0.25) is 0 Å². The summed E-state index contributed by atoms with van der Waals surface area (Å²) in [6, 6.07) is 9.17. The van der Waals surface area contributed by atoms with Gasteiger partial charge >= 0.3 is 0 Å². The van der Waals surface area contributed by atoms with Crippen LogP contribution in [0.15, 0.2) is 30.3 Å². The topological polar surface area (TPSA) is 100 Å². The minimum Gasteiger partial charge on any atom is -0.493 e. The maximum Gasteiger partial charge on any atom is 0.233 e. The number of hydrogen-bond donors (Lipinski definition) is 1. The van der Waals surface area contributed by atoms with E-state index in [9.17, 15) is 4.79 Å². The number of para-hydroxylation sites is 1. The van der Waals surface area contributed by atoms with Crippen molar-refractivity contribution in [1.29, 1.82) is 0 Å². The van der Waals surface area contributed by atoms with Gasteiger partial charge in [0.25, 0.3) is 0 Å². The van der Waals surface area contributed by atoms with Gasteiger partial charge in [-0.1, -0.05) is 12.1 Å². The van der Waals surface area contributed by atoms with Crippen LogP contribution in [0.4, 0.5) is 5.82 Å². The van der Waals surface area contributed by atoms with Crippen molar-refractivity contribution in [3.8, 4) is 23.2 Å². The summed E-state index contributed by atoms with van der Waals surface area (Å²) in [7, 11) is 3.14. The molecule has 0 fully saturated rings. The maximum absolute atomic E-state index is 12.7. The predicted octanol–water partition coefficient (Wildman–Crippen LogP) is 3.25. The van der Waals surface area contributed by atoms with Crippen molar-refractivity contribution in [1.82, 2.24) is 20.0 Å². The minimum atomic E-state index is -0.243. The molecule has 0 bridgehead atoms. The lowest BCUT2D eigenvalue weighted by Gasteiger charge is -2.27. The number of carbonyl (C=O) groups excluding carboxylic acids is 1. The molecule has 2 aromatic heterocycles. The molecular formula is C22H25N5O4. The van der Waals surface area contributed by atoms with Gasteiger partial charge in [-0.2, -0.15) is 9.78 Å². The number of benzene rings is 1. The van der Waals surface area contributed by atoms with E-state index in [0.717, 1.165) is 16.8 Å². The van der Waals surface area contributed by atoms with Gasteiger partial charge in [0.2, 0.25) is 11.8 Å². The lowest BCUT2D eigenvalue weighted by Crippen LogP contribution is -2.25. The van der Waals surface area contributed by atoms with Crippen molar-refractivity contribution in [2.45, 2.75) is 39.2 Å². The Morgan fingerprint density at radius 3 is 2.58 bits per heavy atom. The lowest BCUT2D eigenvalue weighted by molar-refractivity contribution is -0.116. The molecule has 3 aromatic rings. The molecule has 1 N–H and O–H groups in total. The third-order valence-corrected chi connectivity index (χ3v) is 5.11. The van der Waals surface area contributed by atoms with E-state index in [4.69, 9.17) is 14.2 Å². The van der Waals surface area contributed by atoms with Gasteiger partial charge in [-0.05, 0) is 32.9 Å². The maximum atomic E-state index is 12.7. The molecule has 1 aliphatic rings. The van der Waals surface area contributed by atoms with E-state index in [1.165, 1.54) is 7.11 Å². The van der Waals surface area contributed by atoms with E-state index >= 15 is 0 Å². The quantitative estimate of drug-likeness (QED) is 0.649. The number of carbonyl (C=O) groups is 1. The summed E-state index contributed by atoms with van der Waals surface area (Å²) in [6.45, 7) is 5.83. The molecule has 4 rings (SSSR count). The first-order chi connectivity index (χ1) is 14.9. The standard InChI is InChI=1S/C22H25N5O4/c1-12(2)31-21-14(7-6-8-16(21)29-4)15-11-18(28)23-22-20(15)13(3)26-27(22)17-9-10-19(30-5)25-24-17/h6-10,12,15H,11H2,1-5H3,(H,23,28)/t15-/m0/s1. The fourth-order valence-electron chi connectivity index (χ4n) is 3.84. The van der Waals surface area contributed by atoms with E-state index in [0.29, 0.717) is 29.0 Å². The lowest BCUT2D eigenvalue weighted by atomic mass is 9.85. The normalized spacial score (nSPS) is 15.4. The Balaban J connectivity index is 1.86. The summed E-state index contributed by atoms with van der Waals surface area (Å²) in [5, 5.41) is 15.8. The molecule has 1 atom stereocenters. The van der Waals surface area contributed by atoms with Gasteiger partial charge in [0.1, 0.15) is 5.82 Å². The van der Waals surface area contributed by atoms with E-state index in [-0.39, 0.29) is 24.3 Å². The molecule has 3 heterocycles. The van der Waals surface area contributed by atoms with Crippen molar-refractivity contribution in [3.63, 3.8) is 0 Å². The molecule has 9 nitrogen and oxygen atoms in total. The van der Waals surface area contributed by atoms with Crippen LogP contribution in [0.25, 0.3) is 5.82 Å². The second-order valence-corrected chi connectivity index (χ2v) is 7.54. The SMILES string of the molecule is COc1ccc(-n2nc(C)c3c2NC(=O)C[C@H]3c2cccc(OC)c2OC(C)C)nn1. The summed E-state index contributed by atoms with van der Waals surface area (Å²) in [5.74, 6) is 2.38. The molecular weight excluding hydrogens is 398 g/mol. The Kier molecular flexibility index (Phi) is 5.50. The molecule has 0 saturated heterocycles. The zero-order valence-corrected chi connectivity index (χ0v) is 18.2. The fourth-order valence-corrected chi connectivity index (χ4v) is 3.84. The summed E-state index contributed by atoms with van der Waals surface area (Å²) in [5.41, 5.74) is 2.59. The van der Waals surface area contributed by atoms with Crippen LogP contribution in [-0.4, -0.2) is 46.2 Å². The molecule has 162 valence electrons. The van der Waals surface area contributed by atoms with Gasteiger partial charge in [-0.3, -0.25) is 4.79 Å². The third-order valence-electron chi connectivity index (χ3n) is 5.11. The predicted molar refractivity (Wildman–Crippen MR) is 114 cm³/mol. The molecule has 0 spiro atoms. The molecule has 0 aliphatic carbocycles. The molecule has 1 aromatic carbocycles. The molecule has 9 heteroatoms. The average Bonchev–Trinajstić information content (AvgIpc) is 3.09. The van der Waals surface area contributed by atoms with Crippen LogP contribution >= 0.6 is 0 Å². The number of anilines is 1. The monoisotopic (exact) mass is 423 g/mol. The van der Waals surface area contributed by atoms with Crippen LogP contribution in [0, 0.1) is 6.92 Å². The Hall–Kier alpha value is -3.62. The van der Waals surface area contributed by atoms with Crippen molar-refractivity contribution in [3.05, 3.63) is 47.2 Å². The van der Waals surface area contributed by atoms with Gasteiger partial charge in [0.05, 0.1) is 26.0 Å². The highest BCUT2D eigenvalue weighted by atomic mass is 16.5. The van der Waals surface area contributed by atoms with E-state index < -0.39 is 0 Å². The van der Waals surface area contributed by atoms with Crippen molar-refractivity contribution in [2.75, 3.05) is 19.5 Å². The number of rotatable bonds is 6. The smallest absolute Gasteiger partial charge is 0.233 e. The largest absolute Gasteiger partial charge is 0.493 e. The highest BCUT2D eigenvalue weighted by Gasteiger charge is 2.35. The van der Waals surface area contributed by atoms with Gasteiger partial charge in [0, 0.05) is 29.5 Å². The molecule has 1 aliphatic heterocycles. The highest BCUT2D eigenvalue weighted by molar-refractivity contribution is 5.95. The first kappa shape index (κ1) is 20.6. The van der Waals surface area contributed by atoms with Gasteiger partial charge in [0.15, 0.2) is 17.3 Å². The minimum absolute atomic E-state index is 0.0506. The molecule has 0 radical (unpaired) electrons. The molecule has 0 unspecified atom stereocenters. The van der Waals surface area contributed by atoms with Crippen molar-refractivity contribution in [2.24, 2.45) is 0 Å². The Labute approximate surface area is 180 Å². The zero-order valence-electron chi connectivity index (χ0n) is 18.2. The number of nitrogens with one attached hydrogen (secondary N) is 1. The van der Waals surface area contributed by atoms with Crippen molar-refractivity contribution >= 4 is 11.7 Å². The highest BCUT2D eigenvalue weighted by Crippen LogP contribution is 2.45. The van der Waals surface area contributed by atoms with E-state index in [2.05, 4.69) is 20.6 Å². The summed E-state index contributed by atoms with van der Waals surface area (Å²) >= 11 is 0. The average molecular weight is 423 g/mol. The Bertz CT molecular complexity index is 1110. The fraction of sp³-hybridized carbons (Fsp3) is 0.364. The Morgan fingerprint density at radius 1 is 1.13 bits per heavy atom. The molecule has 0 saturated carbocycles. The third kappa shape index (κ3) is 3.78. The number of methoxy groups -OCH3 is 2. The summed E-state index contributed by atoms with van der Waals surface area (Å²) < 4.78 is 18.3. The second kappa shape index (κ2) is 8.25. The van der Waals surface area contributed by atoms with Crippen LogP contribution in [-0.2, 0) is 4.79 Å². The first-order valence-corrected chi connectivity index (χ1v) is 10.0. The van der Waals surface area contributed by atoms with E-state index in [1.54, 1.807) is 23.9 Å². The number of hydrogen-bond acceptors (Lipinski definition) is 7. The second-order valence-electron chi connectivity index (χ2n) is 7.54. The van der Waals surface area contributed by atoms with Crippen LogP contribution in [0.3, 0.4) is 0 Å². The molecule has 1 amide bonds. The van der Waals surface area contributed by atoms with E-state index in [1.807, 2.05) is 39.0 Å². The summed E-state index contributed by atoms with van der Waals surface area (Å²) in [6.07, 6.45) is 0.223. The number of ether oxygens (including phenoxy) is 3. The number of fused-ring (bicyclic) bond motifs is 1. The Morgan fingerprint density at radius 2 is 1.94 bits per heavy atom. The van der Waals surface area contributed by atoms with Crippen LogP contribution in [0.5, 0.6) is 17.4 Å². The number of amides is 1. The van der Waals surface area contributed by atoms with Gasteiger partial charge in [-0.25, -0.2) is 0 Å². The number of aromatic nitrogens is 4.